The SMILES string of the molecule is CCCCCC(COO)C(=O)SC1CC2C=CC1O2. The molecule has 0 spiro atoms. The van der Waals surface area contributed by atoms with E-state index in [1.165, 1.54) is 11.8 Å². The minimum Gasteiger partial charge on any atom is -0.366 e. The van der Waals surface area contributed by atoms with Gasteiger partial charge in [-0.3, -0.25) is 10.1 Å². The van der Waals surface area contributed by atoms with Crippen LogP contribution in [0, 0.1) is 5.92 Å². The van der Waals surface area contributed by atoms with Crippen molar-refractivity contribution in [2.24, 2.45) is 5.92 Å². The number of hydrogen-bond acceptors (Lipinski definition) is 5. The number of carbonyl (C=O) groups is 1. The fourth-order valence-corrected chi connectivity index (χ4v) is 3.85. The molecular weight excluding hydrogens is 264 g/mol. The fraction of sp³-hybridized carbons (Fsp3) is 0.786. The zero-order chi connectivity index (χ0) is 13.7. The molecule has 1 N–H and O–H groups in total. The molecule has 108 valence electrons. The van der Waals surface area contributed by atoms with E-state index in [2.05, 4.69) is 17.9 Å². The zero-order valence-electron chi connectivity index (χ0n) is 11.3. The standard InChI is InChI=1S/C14H22O4S/c1-2-3-4-5-10(9-17-16)14(15)19-13-8-11-6-7-12(13)18-11/h6-7,10-13,16H,2-5,8-9H2,1H3. The van der Waals surface area contributed by atoms with E-state index >= 15 is 0 Å². The molecule has 2 aliphatic rings. The van der Waals surface area contributed by atoms with Crippen LogP contribution in [0.4, 0.5) is 0 Å². The lowest BCUT2D eigenvalue weighted by molar-refractivity contribution is -0.249. The topological polar surface area (TPSA) is 55.8 Å². The van der Waals surface area contributed by atoms with Gasteiger partial charge in [-0.15, -0.1) is 0 Å². The maximum absolute atomic E-state index is 12.3. The van der Waals surface area contributed by atoms with Crippen LogP contribution >= 0.6 is 11.8 Å². The largest absolute Gasteiger partial charge is 0.366 e. The van der Waals surface area contributed by atoms with Gasteiger partial charge in [0.15, 0.2) is 5.12 Å². The maximum Gasteiger partial charge on any atom is 0.194 e. The van der Waals surface area contributed by atoms with Gasteiger partial charge in [0.1, 0.15) is 0 Å². The van der Waals surface area contributed by atoms with Crippen molar-refractivity contribution in [3.8, 4) is 0 Å². The third kappa shape index (κ3) is 4.05. The second-order valence-electron chi connectivity index (χ2n) is 5.22. The third-order valence-electron chi connectivity index (χ3n) is 3.71. The highest BCUT2D eigenvalue weighted by Gasteiger charge is 2.39. The van der Waals surface area contributed by atoms with E-state index < -0.39 is 0 Å². The first-order valence-electron chi connectivity index (χ1n) is 7.05. The minimum absolute atomic E-state index is 0.0882. The van der Waals surface area contributed by atoms with E-state index in [4.69, 9.17) is 9.99 Å². The summed E-state index contributed by atoms with van der Waals surface area (Å²) >= 11 is 1.37. The summed E-state index contributed by atoms with van der Waals surface area (Å²) in [7, 11) is 0. The van der Waals surface area contributed by atoms with Crippen LogP contribution in [0.1, 0.15) is 39.0 Å². The smallest absolute Gasteiger partial charge is 0.194 e. The van der Waals surface area contributed by atoms with Crippen LogP contribution in [0.3, 0.4) is 0 Å². The molecule has 4 atom stereocenters. The molecule has 2 heterocycles. The Balaban J connectivity index is 1.79. The van der Waals surface area contributed by atoms with Crippen molar-refractivity contribution in [1.29, 1.82) is 0 Å². The summed E-state index contributed by atoms with van der Waals surface area (Å²) in [6.07, 6.45) is 9.35. The summed E-state index contributed by atoms with van der Waals surface area (Å²) in [5.41, 5.74) is 0. The summed E-state index contributed by atoms with van der Waals surface area (Å²) < 4.78 is 5.66. The molecule has 2 aliphatic heterocycles. The number of ether oxygens (including phenoxy) is 1. The molecule has 2 bridgehead atoms. The van der Waals surface area contributed by atoms with Gasteiger partial charge in [-0.05, 0) is 12.8 Å². The lowest BCUT2D eigenvalue weighted by Gasteiger charge is -2.18. The molecule has 1 saturated heterocycles. The molecule has 0 aromatic carbocycles. The van der Waals surface area contributed by atoms with Crippen LogP contribution < -0.4 is 0 Å². The molecule has 4 unspecified atom stereocenters. The van der Waals surface area contributed by atoms with Crippen molar-refractivity contribution >= 4 is 16.9 Å². The van der Waals surface area contributed by atoms with Crippen LogP contribution in [-0.4, -0.2) is 34.4 Å². The molecule has 2 rings (SSSR count). The van der Waals surface area contributed by atoms with Crippen LogP contribution in [-0.2, 0) is 14.4 Å². The second-order valence-corrected chi connectivity index (χ2v) is 6.47. The molecule has 0 aromatic rings. The Morgan fingerprint density at radius 3 is 2.95 bits per heavy atom. The molecule has 4 nitrogen and oxygen atoms in total. The number of hydrogen-bond donors (Lipinski definition) is 1. The molecule has 0 aromatic heterocycles. The predicted octanol–water partition coefficient (Wildman–Crippen LogP) is 3.03. The summed E-state index contributed by atoms with van der Waals surface area (Å²) in [6.45, 7) is 2.24. The predicted molar refractivity (Wildman–Crippen MR) is 75.0 cm³/mol. The molecule has 19 heavy (non-hydrogen) atoms. The molecule has 0 radical (unpaired) electrons. The van der Waals surface area contributed by atoms with E-state index in [1.807, 2.05) is 6.08 Å². The highest BCUT2D eigenvalue weighted by Crippen LogP contribution is 2.38. The maximum atomic E-state index is 12.3. The average molecular weight is 286 g/mol. The Hall–Kier alpha value is -0.360. The Morgan fingerprint density at radius 2 is 2.37 bits per heavy atom. The van der Waals surface area contributed by atoms with Crippen molar-refractivity contribution in [1.82, 2.24) is 0 Å². The third-order valence-corrected chi connectivity index (χ3v) is 5.04. The van der Waals surface area contributed by atoms with Crippen molar-refractivity contribution < 1.29 is 19.7 Å². The van der Waals surface area contributed by atoms with Crippen molar-refractivity contribution in [3.05, 3.63) is 12.2 Å². The zero-order valence-corrected chi connectivity index (χ0v) is 12.1. The number of unbranched alkanes of at least 4 members (excludes halogenated alkanes) is 2. The normalized spacial score (nSPS) is 29.9. The first-order chi connectivity index (χ1) is 9.24. The van der Waals surface area contributed by atoms with Gasteiger partial charge >= 0.3 is 0 Å². The number of rotatable bonds is 8. The van der Waals surface area contributed by atoms with Gasteiger partial charge < -0.3 is 4.74 Å². The first-order valence-corrected chi connectivity index (χ1v) is 7.93. The molecular formula is C14H22O4S. The number of fused-ring (bicyclic) bond motifs is 2. The van der Waals surface area contributed by atoms with Gasteiger partial charge in [-0.1, -0.05) is 50.1 Å². The molecule has 5 heteroatoms. The molecule has 0 amide bonds. The second kappa shape index (κ2) is 7.43. The van der Waals surface area contributed by atoms with Crippen molar-refractivity contribution in [2.45, 2.75) is 56.5 Å². The van der Waals surface area contributed by atoms with Crippen LogP contribution in [0.15, 0.2) is 12.2 Å². The molecule has 1 fully saturated rings. The van der Waals surface area contributed by atoms with E-state index in [9.17, 15) is 4.79 Å². The van der Waals surface area contributed by atoms with Gasteiger partial charge in [0.2, 0.25) is 0 Å². The van der Waals surface area contributed by atoms with Gasteiger partial charge in [-0.2, -0.15) is 0 Å². The number of thioether (sulfide) groups is 1. The fourth-order valence-electron chi connectivity index (χ4n) is 2.60. The first kappa shape index (κ1) is 15.0. The Labute approximate surface area is 118 Å². The minimum atomic E-state index is -0.204. The molecule has 0 aliphatic carbocycles. The van der Waals surface area contributed by atoms with E-state index in [0.717, 1.165) is 32.1 Å². The number of carbonyl (C=O) groups excluding carboxylic acids is 1. The van der Waals surface area contributed by atoms with Crippen molar-refractivity contribution in [2.75, 3.05) is 6.61 Å². The monoisotopic (exact) mass is 286 g/mol. The summed E-state index contributed by atoms with van der Waals surface area (Å²) in [4.78, 5) is 16.5. The quantitative estimate of drug-likeness (QED) is 0.322. The lowest BCUT2D eigenvalue weighted by Crippen LogP contribution is -2.23. The van der Waals surface area contributed by atoms with E-state index in [1.54, 1.807) is 0 Å². The lowest BCUT2D eigenvalue weighted by atomic mass is 10.0. The average Bonchev–Trinajstić information content (AvgIpc) is 3.00. The molecule has 0 saturated carbocycles. The Bertz CT molecular complexity index is 331. The summed E-state index contributed by atoms with van der Waals surface area (Å²) in [6, 6.07) is 0. The Kier molecular flexibility index (Phi) is 5.88. The highest BCUT2D eigenvalue weighted by molar-refractivity contribution is 8.14. The van der Waals surface area contributed by atoms with Gasteiger partial charge in [0.05, 0.1) is 24.7 Å². The van der Waals surface area contributed by atoms with Crippen molar-refractivity contribution in [3.63, 3.8) is 0 Å². The van der Waals surface area contributed by atoms with Gasteiger partial charge in [0.25, 0.3) is 0 Å². The summed E-state index contributed by atoms with van der Waals surface area (Å²) in [5, 5.41) is 8.97. The highest BCUT2D eigenvalue weighted by atomic mass is 32.2. The van der Waals surface area contributed by atoms with Crippen LogP contribution in [0.5, 0.6) is 0 Å². The van der Waals surface area contributed by atoms with Crippen LogP contribution in [0.25, 0.3) is 0 Å². The van der Waals surface area contributed by atoms with Gasteiger partial charge in [0, 0.05) is 5.25 Å². The van der Waals surface area contributed by atoms with Gasteiger partial charge in [-0.25, -0.2) is 4.89 Å². The Morgan fingerprint density at radius 1 is 1.53 bits per heavy atom. The van der Waals surface area contributed by atoms with E-state index in [-0.39, 0.29) is 35.1 Å². The van der Waals surface area contributed by atoms with Crippen LogP contribution in [0.2, 0.25) is 0 Å². The van der Waals surface area contributed by atoms with E-state index in [0.29, 0.717) is 0 Å². The summed E-state index contributed by atoms with van der Waals surface area (Å²) in [5.74, 6) is -0.204.